The Balaban J connectivity index is 2.24. The van der Waals surface area contributed by atoms with Gasteiger partial charge in [-0.1, -0.05) is 12.1 Å². The number of phenols is 1. The lowest BCUT2D eigenvalue weighted by Gasteiger charge is -2.14. The molecule has 1 N–H and O–H groups in total. The SMILES string of the molecule is COc1cccc(/C=N/N(C)c2cccc(C(F)(F)F)n2)c1O. The molecule has 0 aliphatic carbocycles. The highest BCUT2D eigenvalue weighted by molar-refractivity contribution is 5.85. The Kier molecular flexibility index (Phi) is 4.73. The smallest absolute Gasteiger partial charge is 0.433 e. The Bertz CT molecular complexity index is 717. The number of ether oxygens (including phenoxy) is 1. The van der Waals surface area contributed by atoms with Crippen LogP contribution in [0.1, 0.15) is 11.3 Å². The zero-order valence-corrected chi connectivity index (χ0v) is 12.4. The molecular formula is C15H14F3N3O2. The van der Waals surface area contributed by atoms with Gasteiger partial charge in [0, 0.05) is 12.6 Å². The van der Waals surface area contributed by atoms with Gasteiger partial charge in [0.25, 0.3) is 0 Å². The fourth-order valence-corrected chi connectivity index (χ4v) is 1.78. The third-order valence-corrected chi connectivity index (χ3v) is 2.98. The maximum absolute atomic E-state index is 12.7. The summed E-state index contributed by atoms with van der Waals surface area (Å²) in [6, 6.07) is 8.36. The summed E-state index contributed by atoms with van der Waals surface area (Å²) in [5.41, 5.74) is -0.635. The Hall–Kier alpha value is -2.77. The van der Waals surface area contributed by atoms with Gasteiger partial charge in [-0.05, 0) is 24.3 Å². The van der Waals surface area contributed by atoms with Gasteiger partial charge in [0.05, 0.1) is 13.3 Å². The molecule has 1 heterocycles. The molecule has 0 amide bonds. The number of aromatic hydroxyl groups is 1. The molecule has 2 rings (SSSR count). The van der Waals surface area contributed by atoms with Crippen molar-refractivity contribution in [2.24, 2.45) is 5.10 Å². The number of benzene rings is 1. The number of para-hydroxylation sites is 1. The minimum Gasteiger partial charge on any atom is -0.504 e. The highest BCUT2D eigenvalue weighted by Crippen LogP contribution is 2.29. The molecule has 23 heavy (non-hydrogen) atoms. The molecule has 0 bridgehead atoms. The van der Waals surface area contributed by atoms with Gasteiger partial charge in [-0.2, -0.15) is 18.3 Å². The maximum atomic E-state index is 12.7. The van der Waals surface area contributed by atoms with E-state index in [1.807, 2.05) is 0 Å². The van der Waals surface area contributed by atoms with E-state index >= 15 is 0 Å². The van der Waals surface area contributed by atoms with Crippen LogP contribution >= 0.6 is 0 Å². The maximum Gasteiger partial charge on any atom is 0.433 e. The van der Waals surface area contributed by atoms with Crippen molar-refractivity contribution in [3.05, 3.63) is 47.7 Å². The van der Waals surface area contributed by atoms with Gasteiger partial charge in [-0.3, -0.25) is 5.01 Å². The zero-order chi connectivity index (χ0) is 17.0. The quantitative estimate of drug-likeness (QED) is 0.692. The van der Waals surface area contributed by atoms with E-state index in [2.05, 4.69) is 10.1 Å². The fourth-order valence-electron chi connectivity index (χ4n) is 1.78. The topological polar surface area (TPSA) is 58.0 Å². The van der Waals surface area contributed by atoms with Crippen molar-refractivity contribution >= 4 is 12.0 Å². The summed E-state index contributed by atoms with van der Waals surface area (Å²) >= 11 is 0. The average Bonchev–Trinajstić information content (AvgIpc) is 2.53. The first-order chi connectivity index (χ1) is 10.8. The van der Waals surface area contributed by atoms with E-state index in [1.165, 1.54) is 37.5 Å². The summed E-state index contributed by atoms with van der Waals surface area (Å²) in [5, 5.41) is 15.1. The molecule has 1 aromatic carbocycles. The molecule has 0 saturated carbocycles. The molecule has 5 nitrogen and oxygen atoms in total. The molecule has 0 fully saturated rings. The summed E-state index contributed by atoms with van der Waals surface area (Å²) in [6.45, 7) is 0. The molecule has 0 saturated heterocycles. The van der Waals surface area contributed by atoms with E-state index in [0.717, 1.165) is 6.07 Å². The predicted octanol–water partition coefficient (Wildman–Crippen LogP) is 3.28. The number of methoxy groups -OCH3 is 1. The van der Waals surface area contributed by atoms with E-state index < -0.39 is 11.9 Å². The summed E-state index contributed by atoms with van der Waals surface area (Å²) in [4.78, 5) is 3.51. The molecule has 0 atom stereocenters. The van der Waals surface area contributed by atoms with Crippen molar-refractivity contribution in [1.29, 1.82) is 0 Å². The Morgan fingerprint density at radius 2 is 1.91 bits per heavy atom. The minimum atomic E-state index is -4.52. The second-order valence-corrected chi connectivity index (χ2v) is 4.55. The molecule has 0 radical (unpaired) electrons. The van der Waals surface area contributed by atoms with Crippen LogP contribution in [0.5, 0.6) is 11.5 Å². The third kappa shape index (κ3) is 3.91. The first-order valence-electron chi connectivity index (χ1n) is 6.51. The van der Waals surface area contributed by atoms with Crippen molar-refractivity contribution in [1.82, 2.24) is 4.98 Å². The Labute approximate surface area is 130 Å². The lowest BCUT2D eigenvalue weighted by atomic mass is 10.2. The molecule has 0 unspecified atom stereocenters. The van der Waals surface area contributed by atoms with Crippen molar-refractivity contribution in [2.75, 3.05) is 19.2 Å². The molecular weight excluding hydrogens is 311 g/mol. The zero-order valence-electron chi connectivity index (χ0n) is 12.4. The van der Waals surface area contributed by atoms with Gasteiger partial charge in [0.2, 0.25) is 0 Å². The summed E-state index contributed by atoms with van der Waals surface area (Å²) in [6.07, 6.45) is -3.22. The average molecular weight is 325 g/mol. The minimum absolute atomic E-state index is 0.0264. The number of aromatic nitrogens is 1. The fraction of sp³-hybridized carbons (Fsp3) is 0.200. The van der Waals surface area contributed by atoms with Gasteiger partial charge in [-0.15, -0.1) is 0 Å². The number of phenolic OH excluding ortho intramolecular Hbond substituents is 1. The standard InChI is InChI=1S/C15H14F3N3O2/c1-21(13-8-4-7-12(20-13)15(16,17)18)19-9-10-5-3-6-11(23-2)14(10)22/h3-9,22H,1-2H3/b19-9+. The second-order valence-electron chi connectivity index (χ2n) is 4.55. The van der Waals surface area contributed by atoms with Crippen LogP contribution in [0.2, 0.25) is 0 Å². The van der Waals surface area contributed by atoms with Crippen LogP contribution in [0.15, 0.2) is 41.5 Å². The molecule has 8 heteroatoms. The Morgan fingerprint density at radius 3 is 2.57 bits per heavy atom. The second kappa shape index (κ2) is 6.55. The van der Waals surface area contributed by atoms with Gasteiger partial charge in [-0.25, -0.2) is 4.98 Å². The number of hydrogen-bond acceptors (Lipinski definition) is 5. The van der Waals surface area contributed by atoms with E-state index in [1.54, 1.807) is 18.2 Å². The molecule has 2 aromatic rings. The van der Waals surface area contributed by atoms with Crippen molar-refractivity contribution in [3.8, 4) is 11.5 Å². The molecule has 0 aliphatic heterocycles. The highest BCUT2D eigenvalue weighted by atomic mass is 19.4. The first-order valence-corrected chi connectivity index (χ1v) is 6.51. The van der Waals surface area contributed by atoms with Crippen molar-refractivity contribution in [3.63, 3.8) is 0 Å². The third-order valence-electron chi connectivity index (χ3n) is 2.98. The number of halogens is 3. The van der Waals surface area contributed by atoms with Crippen LogP contribution < -0.4 is 9.75 Å². The van der Waals surface area contributed by atoms with Crippen molar-refractivity contribution in [2.45, 2.75) is 6.18 Å². The van der Waals surface area contributed by atoms with E-state index in [9.17, 15) is 18.3 Å². The summed E-state index contributed by atoms with van der Waals surface area (Å²) in [7, 11) is 2.87. The van der Waals surface area contributed by atoms with Gasteiger partial charge < -0.3 is 9.84 Å². The van der Waals surface area contributed by atoms with E-state index in [4.69, 9.17) is 4.74 Å². The first kappa shape index (κ1) is 16.6. The Morgan fingerprint density at radius 1 is 1.22 bits per heavy atom. The number of pyridine rings is 1. The van der Waals surface area contributed by atoms with Crippen LogP contribution in [-0.2, 0) is 6.18 Å². The van der Waals surface area contributed by atoms with E-state index in [0.29, 0.717) is 5.56 Å². The molecule has 0 aliphatic rings. The lowest BCUT2D eigenvalue weighted by molar-refractivity contribution is -0.141. The van der Waals surface area contributed by atoms with Crippen LogP contribution in [0.4, 0.5) is 19.0 Å². The lowest BCUT2D eigenvalue weighted by Crippen LogP contribution is -2.14. The van der Waals surface area contributed by atoms with Crippen LogP contribution in [0, 0.1) is 0 Å². The molecule has 0 spiro atoms. The van der Waals surface area contributed by atoms with Gasteiger partial charge in [0.15, 0.2) is 11.5 Å². The van der Waals surface area contributed by atoms with E-state index in [-0.39, 0.29) is 17.3 Å². The number of hydrazone groups is 1. The highest BCUT2D eigenvalue weighted by Gasteiger charge is 2.32. The molecule has 1 aromatic heterocycles. The largest absolute Gasteiger partial charge is 0.504 e. The number of hydrogen-bond donors (Lipinski definition) is 1. The monoisotopic (exact) mass is 325 g/mol. The summed E-state index contributed by atoms with van der Waals surface area (Å²) in [5.74, 6) is 0.191. The van der Waals surface area contributed by atoms with Gasteiger partial charge >= 0.3 is 6.18 Å². The number of nitrogens with zero attached hydrogens (tertiary/aromatic N) is 3. The number of anilines is 1. The normalized spacial score (nSPS) is 11.7. The predicted molar refractivity (Wildman–Crippen MR) is 79.9 cm³/mol. The van der Waals surface area contributed by atoms with Crippen molar-refractivity contribution < 1.29 is 23.0 Å². The van der Waals surface area contributed by atoms with Crippen LogP contribution in [0.3, 0.4) is 0 Å². The molecule has 122 valence electrons. The van der Waals surface area contributed by atoms with Gasteiger partial charge in [0.1, 0.15) is 11.5 Å². The van der Waals surface area contributed by atoms with Crippen LogP contribution in [0.25, 0.3) is 0 Å². The van der Waals surface area contributed by atoms with Crippen LogP contribution in [-0.4, -0.2) is 30.5 Å². The summed E-state index contributed by atoms with van der Waals surface area (Å²) < 4.78 is 42.9. The number of alkyl halides is 3. The number of rotatable bonds is 4.